The minimum absolute atomic E-state index is 0.100. The van der Waals surface area contributed by atoms with E-state index in [1.807, 2.05) is 49.5 Å². The summed E-state index contributed by atoms with van der Waals surface area (Å²) in [5.41, 5.74) is 1.11. The normalized spacial score (nSPS) is 18.7. The van der Waals surface area contributed by atoms with Crippen LogP contribution in [0.4, 0.5) is 5.69 Å². The van der Waals surface area contributed by atoms with E-state index in [2.05, 4.69) is 15.9 Å². The van der Waals surface area contributed by atoms with Gasteiger partial charge in [0, 0.05) is 33.2 Å². The zero-order valence-electron chi connectivity index (χ0n) is 17.6. The summed E-state index contributed by atoms with van der Waals surface area (Å²) in [6.45, 7) is 4.80. The minimum atomic E-state index is -0.156. The lowest BCUT2D eigenvalue weighted by Gasteiger charge is -2.37. The van der Waals surface area contributed by atoms with Gasteiger partial charge in [-0.2, -0.15) is 0 Å². The summed E-state index contributed by atoms with van der Waals surface area (Å²) < 4.78 is 17.2. The van der Waals surface area contributed by atoms with Crippen molar-refractivity contribution in [1.29, 1.82) is 0 Å². The summed E-state index contributed by atoms with van der Waals surface area (Å²) in [5.74, 6) is 2.49. The topological polar surface area (TPSA) is 54.5 Å². The quantitative estimate of drug-likeness (QED) is 0.726. The van der Waals surface area contributed by atoms with E-state index in [0.717, 1.165) is 49.1 Å². The third-order valence-corrected chi connectivity index (χ3v) is 5.63. The van der Waals surface area contributed by atoms with Crippen LogP contribution in [-0.2, 0) is 4.79 Å². The molecule has 1 fully saturated rings. The largest absolute Gasteiger partial charge is 0.495 e. The first-order chi connectivity index (χ1) is 14.6. The van der Waals surface area contributed by atoms with Crippen molar-refractivity contribution in [1.82, 2.24) is 9.80 Å². The molecule has 0 radical (unpaired) electrons. The molecule has 0 aliphatic carbocycles. The summed E-state index contributed by atoms with van der Waals surface area (Å²) in [6.07, 6.45) is -0.156. The molecule has 2 aliphatic heterocycles. The maximum Gasteiger partial charge on any atom is 0.236 e. The van der Waals surface area contributed by atoms with Gasteiger partial charge in [0.05, 0.1) is 25.9 Å². The zero-order chi connectivity index (χ0) is 20.9. The second-order valence-electron chi connectivity index (χ2n) is 7.71. The lowest BCUT2D eigenvalue weighted by molar-refractivity contribution is -0.132. The molecule has 1 saturated heterocycles. The Morgan fingerprint density at radius 2 is 1.77 bits per heavy atom. The number of carbonyl (C=O) groups excluding carboxylic acids is 1. The summed E-state index contributed by atoms with van der Waals surface area (Å²) >= 11 is 0. The summed E-state index contributed by atoms with van der Waals surface area (Å²) in [5, 5.41) is 0. The number of methoxy groups -OCH3 is 1. The third-order valence-electron chi connectivity index (χ3n) is 5.63. The standard InChI is InChI=1S/C23H29N3O4/c1-24(15-18-17-29-21-9-5-6-10-22(21)30-18)23(27)16-25-11-13-26(14-12-25)19-7-3-4-8-20(19)28-2/h3-10,18H,11-17H2,1-2H3/t18-/m0/s1. The first kappa shape index (κ1) is 20.3. The molecular weight excluding hydrogens is 382 g/mol. The van der Waals surface area contributed by atoms with Crippen molar-refractivity contribution >= 4 is 11.6 Å². The molecule has 2 aliphatic rings. The number of piperazine rings is 1. The number of hydrogen-bond donors (Lipinski definition) is 0. The van der Waals surface area contributed by atoms with E-state index in [-0.39, 0.29) is 12.0 Å². The van der Waals surface area contributed by atoms with E-state index in [0.29, 0.717) is 19.7 Å². The van der Waals surface area contributed by atoms with Gasteiger partial charge in [0.1, 0.15) is 12.4 Å². The van der Waals surface area contributed by atoms with Gasteiger partial charge in [0.15, 0.2) is 17.6 Å². The van der Waals surface area contributed by atoms with Crippen molar-refractivity contribution in [3.8, 4) is 17.2 Å². The molecule has 4 rings (SSSR count). The average molecular weight is 412 g/mol. The summed E-state index contributed by atoms with van der Waals surface area (Å²) in [6, 6.07) is 15.7. The maximum atomic E-state index is 12.7. The molecule has 30 heavy (non-hydrogen) atoms. The molecule has 0 unspecified atom stereocenters. The number of rotatable bonds is 6. The Bertz CT molecular complexity index is 867. The Morgan fingerprint density at radius 3 is 2.53 bits per heavy atom. The number of fused-ring (bicyclic) bond motifs is 1. The van der Waals surface area contributed by atoms with Crippen LogP contribution >= 0.6 is 0 Å². The number of amides is 1. The van der Waals surface area contributed by atoms with E-state index < -0.39 is 0 Å². The van der Waals surface area contributed by atoms with Crippen LogP contribution in [-0.4, -0.2) is 81.8 Å². The fourth-order valence-electron chi connectivity index (χ4n) is 3.91. The highest BCUT2D eigenvalue weighted by Gasteiger charge is 2.26. The lowest BCUT2D eigenvalue weighted by Crippen LogP contribution is -2.51. The number of nitrogens with zero attached hydrogens (tertiary/aromatic N) is 3. The van der Waals surface area contributed by atoms with Crippen molar-refractivity contribution in [2.45, 2.75) is 6.10 Å². The molecule has 7 heteroatoms. The molecule has 2 heterocycles. The number of hydrogen-bond acceptors (Lipinski definition) is 6. The fraction of sp³-hybridized carbons (Fsp3) is 0.435. The van der Waals surface area contributed by atoms with Crippen molar-refractivity contribution in [3.05, 3.63) is 48.5 Å². The van der Waals surface area contributed by atoms with Gasteiger partial charge in [-0.15, -0.1) is 0 Å². The molecule has 0 aromatic heterocycles. The van der Waals surface area contributed by atoms with Crippen molar-refractivity contribution < 1.29 is 19.0 Å². The molecule has 0 bridgehead atoms. The first-order valence-corrected chi connectivity index (χ1v) is 10.4. The number of ether oxygens (including phenoxy) is 3. The molecule has 1 atom stereocenters. The lowest BCUT2D eigenvalue weighted by atomic mass is 10.2. The Balaban J connectivity index is 1.25. The van der Waals surface area contributed by atoms with Crippen LogP contribution in [0.2, 0.25) is 0 Å². The number of anilines is 1. The molecular formula is C23H29N3O4. The maximum absolute atomic E-state index is 12.7. The highest BCUT2D eigenvalue weighted by atomic mass is 16.6. The molecule has 0 spiro atoms. The smallest absolute Gasteiger partial charge is 0.236 e. The van der Waals surface area contributed by atoms with Crippen LogP contribution in [0, 0.1) is 0 Å². The zero-order valence-corrected chi connectivity index (χ0v) is 17.6. The Hall–Kier alpha value is -2.93. The van der Waals surface area contributed by atoms with Crippen LogP contribution < -0.4 is 19.1 Å². The molecule has 2 aromatic rings. The van der Waals surface area contributed by atoms with Gasteiger partial charge in [0.25, 0.3) is 0 Å². The second-order valence-corrected chi connectivity index (χ2v) is 7.71. The van der Waals surface area contributed by atoms with Crippen LogP contribution in [0.15, 0.2) is 48.5 Å². The van der Waals surface area contributed by atoms with E-state index in [9.17, 15) is 4.79 Å². The van der Waals surface area contributed by atoms with E-state index >= 15 is 0 Å². The molecule has 1 amide bonds. The van der Waals surface area contributed by atoms with Crippen LogP contribution in [0.3, 0.4) is 0 Å². The molecule has 0 N–H and O–H groups in total. The number of benzene rings is 2. The van der Waals surface area contributed by atoms with Crippen LogP contribution in [0.5, 0.6) is 17.2 Å². The molecule has 160 valence electrons. The van der Waals surface area contributed by atoms with Crippen molar-refractivity contribution in [2.75, 3.05) is 64.9 Å². The minimum Gasteiger partial charge on any atom is -0.495 e. The van der Waals surface area contributed by atoms with Crippen molar-refractivity contribution in [2.24, 2.45) is 0 Å². The second kappa shape index (κ2) is 9.26. The van der Waals surface area contributed by atoms with Gasteiger partial charge >= 0.3 is 0 Å². The van der Waals surface area contributed by atoms with Gasteiger partial charge in [0.2, 0.25) is 5.91 Å². The van der Waals surface area contributed by atoms with Crippen LogP contribution in [0.1, 0.15) is 0 Å². The highest BCUT2D eigenvalue weighted by molar-refractivity contribution is 5.78. The fourth-order valence-corrected chi connectivity index (χ4v) is 3.91. The molecule has 2 aromatic carbocycles. The average Bonchev–Trinajstić information content (AvgIpc) is 2.79. The van der Waals surface area contributed by atoms with Crippen LogP contribution in [0.25, 0.3) is 0 Å². The molecule has 0 saturated carbocycles. The van der Waals surface area contributed by atoms with Gasteiger partial charge in [-0.3, -0.25) is 9.69 Å². The predicted octanol–water partition coefficient (Wildman–Crippen LogP) is 2.12. The summed E-state index contributed by atoms with van der Waals surface area (Å²) in [7, 11) is 3.53. The monoisotopic (exact) mass is 411 g/mol. The highest BCUT2D eigenvalue weighted by Crippen LogP contribution is 2.31. The molecule has 7 nitrogen and oxygen atoms in total. The van der Waals surface area contributed by atoms with Gasteiger partial charge < -0.3 is 24.0 Å². The third kappa shape index (κ3) is 4.62. The Morgan fingerprint density at radius 1 is 1.07 bits per heavy atom. The van der Waals surface area contributed by atoms with E-state index in [4.69, 9.17) is 14.2 Å². The van der Waals surface area contributed by atoms with Crippen molar-refractivity contribution in [3.63, 3.8) is 0 Å². The number of para-hydroxylation sites is 4. The summed E-state index contributed by atoms with van der Waals surface area (Å²) in [4.78, 5) is 19.0. The van der Waals surface area contributed by atoms with E-state index in [1.165, 1.54) is 0 Å². The number of carbonyl (C=O) groups is 1. The predicted molar refractivity (Wildman–Crippen MR) is 116 cm³/mol. The number of likely N-dealkylation sites (N-methyl/N-ethyl adjacent to an activating group) is 1. The first-order valence-electron chi connectivity index (χ1n) is 10.4. The Kier molecular flexibility index (Phi) is 6.28. The van der Waals surface area contributed by atoms with Gasteiger partial charge in [-0.05, 0) is 24.3 Å². The Labute approximate surface area is 177 Å². The van der Waals surface area contributed by atoms with E-state index in [1.54, 1.807) is 12.0 Å². The van der Waals surface area contributed by atoms with Gasteiger partial charge in [-0.25, -0.2) is 0 Å². The SMILES string of the molecule is COc1ccccc1N1CCN(CC(=O)N(C)C[C@H]2COc3ccccc3O2)CC1. The van der Waals surface area contributed by atoms with Gasteiger partial charge in [-0.1, -0.05) is 24.3 Å².